The van der Waals surface area contributed by atoms with Crippen LogP contribution in [0.3, 0.4) is 0 Å². The molecule has 2 amide bonds. The van der Waals surface area contributed by atoms with Crippen molar-refractivity contribution in [1.82, 2.24) is 4.90 Å². The van der Waals surface area contributed by atoms with Gasteiger partial charge in [0.25, 0.3) is 0 Å². The zero-order valence-electron chi connectivity index (χ0n) is 15.1. The van der Waals surface area contributed by atoms with Gasteiger partial charge in [0.1, 0.15) is 18.0 Å². The molecule has 1 aliphatic heterocycles. The average Bonchev–Trinajstić information content (AvgIpc) is 3.00. The molecule has 0 spiro atoms. The topological polar surface area (TPSA) is 59.1 Å². The number of nitrogens with zero attached hydrogens (tertiary/aromatic N) is 2. The molecule has 0 aliphatic carbocycles. The lowest BCUT2D eigenvalue weighted by Gasteiger charge is -2.25. The smallest absolute Gasteiger partial charge is 0.406 e. The number of hydrogen-bond donors (Lipinski definition) is 0. The van der Waals surface area contributed by atoms with Gasteiger partial charge in [0.2, 0.25) is 11.8 Å². The Morgan fingerprint density at radius 3 is 2.63 bits per heavy atom. The van der Waals surface area contributed by atoms with Gasteiger partial charge in [0.05, 0.1) is 25.8 Å². The number of hydrogen-bond acceptors (Lipinski definition) is 4. The first-order valence-electron chi connectivity index (χ1n) is 8.19. The van der Waals surface area contributed by atoms with Gasteiger partial charge in [-0.05, 0) is 12.1 Å². The van der Waals surface area contributed by atoms with Crippen molar-refractivity contribution in [2.75, 3.05) is 38.8 Å². The van der Waals surface area contributed by atoms with Crippen LogP contribution in [0.2, 0.25) is 0 Å². The van der Waals surface area contributed by atoms with E-state index in [2.05, 4.69) is 6.58 Å². The first-order valence-corrected chi connectivity index (χ1v) is 8.19. The van der Waals surface area contributed by atoms with E-state index in [0.29, 0.717) is 22.1 Å². The number of amides is 2. The zero-order valence-corrected chi connectivity index (χ0v) is 15.1. The van der Waals surface area contributed by atoms with Gasteiger partial charge < -0.3 is 19.3 Å². The number of carbonyl (C=O) groups is 2. The highest BCUT2D eigenvalue weighted by atomic mass is 19.4. The van der Waals surface area contributed by atoms with Gasteiger partial charge in [-0.1, -0.05) is 6.08 Å². The van der Waals surface area contributed by atoms with Crippen molar-refractivity contribution in [3.05, 3.63) is 30.9 Å². The second-order valence-corrected chi connectivity index (χ2v) is 6.07. The number of halogens is 3. The summed E-state index contributed by atoms with van der Waals surface area (Å²) in [6.07, 6.45) is -3.47. The Kier molecular flexibility index (Phi) is 6.35. The van der Waals surface area contributed by atoms with Crippen LogP contribution in [0.25, 0.3) is 0 Å². The van der Waals surface area contributed by atoms with Gasteiger partial charge in [-0.25, -0.2) is 0 Å². The van der Waals surface area contributed by atoms with Gasteiger partial charge >= 0.3 is 6.18 Å². The SMILES string of the molecule is C=CCN(CC(F)(F)F)C(=O)C1CC(=O)N(c2ccc(OC)cc2OC)C1. The molecule has 0 aromatic heterocycles. The van der Waals surface area contributed by atoms with Crippen LogP contribution in [-0.4, -0.2) is 56.7 Å². The highest BCUT2D eigenvalue weighted by molar-refractivity contribution is 6.01. The van der Waals surface area contributed by atoms with E-state index in [9.17, 15) is 22.8 Å². The summed E-state index contributed by atoms with van der Waals surface area (Å²) in [6.45, 7) is 1.75. The molecule has 1 atom stereocenters. The Hall–Kier alpha value is -2.71. The van der Waals surface area contributed by atoms with Gasteiger partial charge in [-0.2, -0.15) is 13.2 Å². The predicted octanol–water partition coefficient (Wildman–Crippen LogP) is 2.63. The molecule has 9 heteroatoms. The molecular weight excluding hydrogens is 365 g/mol. The number of ether oxygens (including phenoxy) is 2. The van der Waals surface area contributed by atoms with Crippen molar-refractivity contribution in [2.24, 2.45) is 5.92 Å². The molecule has 27 heavy (non-hydrogen) atoms. The molecule has 6 nitrogen and oxygen atoms in total. The third-order valence-corrected chi connectivity index (χ3v) is 4.18. The second kappa shape index (κ2) is 8.32. The molecule has 1 aromatic carbocycles. The van der Waals surface area contributed by atoms with Crippen molar-refractivity contribution in [3.8, 4) is 11.5 Å². The minimum atomic E-state index is -4.53. The van der Waals surface area contributed by atoms with E-state index in [1.165, 1.54) is 25.2 Å². The van der Waals surface area contributed by atoms with Crippen LogP contribution in [0, 0.1) is 5.92 Å². The summed E-state index contributed by atoms with van der Waals surface area (Å²) in [5, 5.41) is 0. The Morgan fingerprint density at radius 1 is 1.37 bits per heavy atom. The van der Waals surface area contributed by atoms with E-state index in [4.69, 9.17) is 9.47 Å². The van der Waals surface area contributed by atoms with E-state index >= 15 is 0 Å². The fourth-order valence-electron chi connectivity index (χ4n) is 2.98. The molecule has 1 unspecified atom stereocenters. The van der Waals surface area contributed by atoms with Crippen molar-refractivity contribution >= 4 is 17.5 Å². The molecule has 0 bridgehead atoms. The quantitative estimate of drug-likeness (QED) is 0.676. The lowest BCUT2D eigenvalue weighted by molar-refractivity contribution is -0.162. The Bertz CT molecular complexity index is 721. The maximum absolute atomic E-state index is 12.7. The van der Waals surface area contributed by atoms with Crippen LogP contribution in [0.15, 0.2) is 30.9 Å². The van der Waals surface area contributed by atoms with E-state index in [1.54, 1.807) is 18.2 Å². The van der Waals surface area contributed by atoms with E-state index in [1.807, 2.05) is 0 Å². The first kappa shape index (κ1) is 20.6. The fraction of sp³-hybridized carbons (Fsp3) is 0.444. The minimum absolute atomic E-state index is 0.0220. The first-order chi connectivity index (χ1) is 12.7. The molecular formula is C18H21F3N2O4. The van der Waals surface area contributed by atoms with Crippen LogP contribution >= 0.6 is 0 Å². The molecule has 2 rings (SSSR count). The number of methoxy groups -OCH3 is 2. The molecule has 0 saturated carbocycles. The Labute approximate surface area is 155 Å². The van der Waals surface area contributed by atoms with Crippen molar-refractivity contribution < 1.29 is 32.2 Å². The van der Waals surface area contributed by atoms with Gasteiger partial charge in [0, 0.05) is 25.6 Å². The molecule has 1 saturated heterocycles. The molecule has 0 radical (unpaired) electrons. The molecule has 1 aromatic rings. The number of alkyl halides is 3. The average molecular weight is 386 g/mol. The third-order valence-electron chi connectivity index (χ3n) is 4.18. The maximum Gasteiger partial charge on any atom is 0.406 e. The number of carbonyl (C=O) groups excluding carboxylic acids is 2. The number of anilines is 1. The van der Waals surface area contributed by atoms with Gasteiger partial charge in [-0.15, -0.1) is 6.58 Å². The highest BCUT2D eigenvalue weighted by Gasteiger charge is 2.40. The minimum Gasteiger partial charge on any atom is -0.497 e. The molecule has 0 N–H and O–H groups in total. The Balaban J connectivity index is 2.21. The zero-order chi connectivity index (χ0) is 20.2. The molecule has 1 fully saturated rings. The summed E-state index contributed by atoms with van der Waals surface area (Å²) >= 11 is 0. The lowest BCUT2D eigenvalue weighted by atomic mass is 10.1. The summed E-state index contributed by atoms with van der Waals surface area (Å²) in [5.74, 6) is -1.06. The van der Waals surface area contributed by atoms with Crippen LogP contribution in [0.1, 0.15) is 6.42 Å². The lowest BCUT2D eigenvalue weighted by Crippen LogP contribution is -2.43. The summed E-state index contributed by atoms with van der Waals surface area (Å²) in [4.78, 5) is 27.0. The number of rotatable bonds is 7. The van der Waals surface area contributed by atoms with Gasteiger partial charge in [0.15, 0.2) is 0 Å². The van der Waals surface area contributed by atoms with Crippen LogP contribution in [0.4, 0.5) is 18.9 Å². The fourth-order valence-corrected chi connectivity index (χ4v) is 2.98. The predicted molar refractivity (Wildman–Crippen MR) is 92.8 cm³/mol. The number of benzene rings is 1. The summed E-state index contributed by atoms with van der Waals surface area (Å²) < 4.78 is 48.6. The maximum atomic E-state index is 12.7. The second-order valence-electron chi connectivity index (χ2n) is 6.07. The molecule has 1 heterocycles. The largest absolute Gasteiger partial charge is 0.497 e. The summed E-state index contributed by atoms with van der Waals surface area (Å²) in [7, 11) is 2.91. The monoisotopic (exact) mass is 386 g/mol. The van der Waals surface area contributed by atoms with E-state index in [0.717, 1.165) is 0 Å². The van der Waals surface area contributed by atoms with E-state index < -0.39 is 24.5 Å². The van der Waals surface area contributed by atoms with Gasteiger partial charge in [-0.3, -0.25) is 9.59 Å². The van der Waals surface area contributed by atoms with Crippen LogP contribution in [-0.2, 0) is 9.59 Å². The van der Waals surface area contributed by atoms with E-state index in [-0.39, 0.29) is 25.4 Å². The molecule has 1 aliphatic rings. The third kappa shape index (κ3) is 4.93. The highest BCUT2D eigenvalue weighted by Crippen LogP contribution is 2.36. The molecule has 148 valence electrons. The summed E-state index contributed by atoms with van der Waals surface area (Å²) in [5.41, 5.74) is 0.435. The summed E-state index contributed by atoms with van der Waals surface area (Å²) in [6, 6.07) is 4.83. The van der Waals surface area contributed by atoms with Crippen LogP contribution in [0.5, 0.6) is 11.5 Å². The van der Waals surface area contributed by atoms with Crippen molar-refractivity contribution in [2.45, 2.75) is 12.6 Å². The normalized spacial score (nSPS) is 17.0. The van der Waals surface area contributed by atoms with Crippen molar-refractivity contribution in [1.29, 1.82) is 0 Å². The van der Waals surface area contributed by atoms with Crippen molar-refractivity contribution in [3.63, 3.8) is 0 Å². The standard InChI is InChI=1S/C18H21F3N2O4/c1-4-7-22(11-18(19,20)21)17(25)12-8-16(24)23(10-12)14-6-5-13(26-2)9-15(14)27-3/h4-6,9,12H,1,7-8,10-11H2,2-3H3. The Morgan fingerprint density at radius 2 is 2.07 bits per heavy atom. The van der Waals surface area contributed by atoms with Crippen LogP contribution < -0.4 is 14.4 Å².